The fourth-order valence-electron chi connectivity index (χ4n) is 8.51. The van der Waals surface area contributed by atoms with Gasteiger partial charge >= 0.3 is 0 Å². The molecule has 0 saturated heterocycles. The molecule has 1 N–H and O–H groups in total. The Hall–Kier alpha value is -0.600. The summed E-state index contributed by atoms with van der Waals surface area (Å²) < 4.78 is 0. The molecule has 0 aliphatic heterocycles. The quantitative estimate of drug-likeness (QED) is 0.548. The smallest absolute Gasteiger partial charge is 0.0594 e. The number of allylic oxidation sites excluding steroid dienone is 4. The standard InChI is InChI=1S/C28H47NO/c1-19(9-8-18-29(6)7)21-11-12-22-20-10-13-24-26(2,3)25(30)15-17-28(24,5)23(20)14-16-27(21,22)4/h12,19,21,24-25,30H,8-11,13-18H2,1-7H3/t19-,21-,24+,25+,27-,28-/m1/s1. The third-order valence-corrected chi connectivity index (χ3v) is 10.4. The van der Waals surface area contributed by atoms with Crippen LogP contribution in [0.3, 0.4) is 0 Å². The zero-order valence-electron chi connectivity index (χ0n) is 20.9. The zero-order chi connectivity index (χ0) is 21.9. The van der Waals surface area contributed by atoms with Crippen LogP contribution in [0, 0.1) is 34.0 Å². The Morgan fingerprint density at radius 3 is 2.50 bits per heavy atom. The summed E-state index contributed by atoms with van der Waals surface area (Å²) in [7, 11) is 4.39. The summed E-state index contributed by atoms with van der Waals surface area (Å²) in [5.74, 6) is 2.25. The van der Waals surface area contributed by atoms with Crippen molar-refractivity contribution >= 4 is 0 Å². The molecule has 4 aliphatic rings. The van der Waals surface area contributed by atoms with E-state index in [-0.39, 0.29) is 11.5 Å². The summed E-state index contributed by atoms with van der Waals surface area (Å²) in [4.78, 5) is 2.33. The molecule has 4 aliphatic carbocycles. The maximum atomic E-state index is 10.7. The predicted octanol–water partition coefficient (Wildman–Crippen LogP) is 6.60. The number of aliphatic hydroxyl groups excluding tert-OH is 1. The Morgan fingerprint density at radius 2 is 1.80 bits per heavy atom. The van der Waals surface area contributed by atoms with Crippen LogP contribution in [0.1, 0.15) is 92.4 Å². The summed E-state index contributed by atoms with van der Waals surface area (Å²) in [6, 6.07) is 0. The van der Waals surface area contributed by atoms with Crippen molar-refractivity contribution in [2.45, 2.75) is 98.5 Å². The minimum atomic E-state index is -0.135. The second-order valence-corrected chi connectivity index (χ2v) is 12.6. The van der Waals surface area contributed by atoms with Gasteiger partial charge in [0.1, 0.15) is 0 Å². The molecule has 0 bridgehead atoms. The van der Waals surface area contributed by atoms with Crippen molar-refractivity contribution in [3.63, 3.8) is 0 Å². The third kappa shape index (κ3) is 3.36. The van der Waals surface area contributed by atoms with Gasteiger partial charge < -0.3 is 10.0 Å². The van der Waals surface area contributed by atoms with Crippen molar-refractivity contribution in [1.29, 1.82) is 0 Å². The molecule has 170 valence electrons. The molecule has 30 heavy (non-hydrogen) atoms. The molecule has 0 spiro atoms. The molecule has 0 aromatic rings. The molecule has 6 atom stereocenters. The van der Waals surface area contributed by atoms with Crippen LogP contribution < -0.4 is 0 Å². The first kappa shape index (κ1) is 22.6. The second-order valence-electron chi connectivity index (χ2n) is 12.6. The van der Waals surface area contributed by atoms with Gasteiger partial charge in [0.15, 0.2) is 0 Å². The number of rotatable bonds is 5. The topological polar surface area (TPSA) is 23.5 Å². The zero-order valence-corrected chi connectivity index (χ0v) is 20.9. The summed E-state index contributed by atoms with van der Waals surface area (Å²) in [6.45, 7) is 13.6. The van der Waals surface area contributed by atoms with Crippen molar-refractivity contribution in [1.82, 2.24) is 4.90 Å². The summed E-state index contributed by atoms with van der Waals surface area (Å²) >= 11 is 0. The predicted molar refractivity (Wildman–Crippen MR) is 127 cm³/mol. The van der Waals surface area contributed by atoms with Crippen LogP contribution in [-0.2, 0) is 0 Å². The van der Waals surface area contributed by atoms with E-state index in [2.05, 4.69) is 59.7 Å². The fraction of sp³-hybridized carbons (Fsp3) is 0.857. The van der Waals surface area contributed by atoms with E-state index in [1.807, 2.05) is 0 Å². The monoisotopic (exact) mass is 413 g/mol. The van der Waals surface area contributed by atoms with Gasteiger partial charge in [0, 0.05) is 0 Å². The summed E-state index contributed by atoms with van der Waals surface area (Å²) in [5.41, 5.74) is 6.04. The van der Waals surface area contributed by atoms with E-state index < -0.39 is 0 Å². The number of fused-ring (bicyclic) bond motifs is 4. The summed E-state index contributed by atoms with van der Waals surface area (Å²) in [5, 5.41) is 10.7. The molecule has 2 nitrogen and oxygen atoms in total. The highest BCUT2D eigenvalue weighted by molar-refractivity contribution is 5.49. The van der Waals surface area contributed by atoms with Crippen LogP contribution in [0.25, 0.3) is 0 Å². The molecular formula is C28H47NO. The first-order valence-corrected chi connectivity index (χ1v) is 12.8. The Morgan fingerprint density at radius 1 is 1.07 bits per heavy atom. The largest absolute Gasteiger partial charge is 0.393 e. The summed E-state index contributed by atoms with van der Waals surface area (Å²) in [6.07, 6.45) is 13.8. The van der Waals surface area contributed by atoms with Crippen LogP contribution >= 0.6 is 0 Å². The van der Waals surface area contributed by atoms with Crippen molar-refractivity contribution in [3.05, 3.63) is 22.8 Å². The van der Waals surface area contributed by atoms with Crippen molar-refractivity contribution < 1.29 is 5.11 Å². The van der Waals surface area contributed by atoms with Gasteiger partial charge in [-0.2, -0.15) is 0 Å². The van der Waals surface area contributed by atoms with E-state index in [4.69, 9.17) is 0 Å². The van der Waals surface area contributed by atoms with E-state index in [9.17, 15) is 5.11 Å². The molecule has 0 amide bonds. The maximum absolute atomic E-state index is 10.7. The van der Waals surface area contributed by atoms with Gasteiger partial charge in [-0.15, -0.1) is 0 Å². The number of nitrogens with zero attached hydrogens (tertiary/aromatic N) is 1. The van der Waals surface area contributed by atoms with E-state index in [0.29, 0.717) is 16.7 Å². The van der Waals surface area contributed by atoms with Gasteiger partial charge in [0.25, 0.3) is 0 Å². The first-order chi connectivity index (χ1) is 14.0. The van der Waals surface area contributed by atoms with Gasteiger partial charge in [0.05, 0.1) is 6.10 Å². The highest BCUT2D eigenvalue weighted by atomic mass is 16.3. The average molecular weight is 414 g/mol. The van der Waals surface area contributed by atoms with Crippen molar-refractivity contribution in [3.8, 4) is 0 Å². The molecule has 0 unspecified atom stereocenters. The maximum Gasteiger partial charge on any atom is 0.0594 e. The van der Waals surface area contributed by atoms with Crippen LogP contribution in [0.15, 0.2) is 22.8 Å². The van der Waals surface area contributed by atoms with Gasteiger partial charge in [-0.25, -0.2) is 0 Å². The lowest BCUT2D eigenvalue weighted by Gasteiger charge is -2.59. The van der Waals surface area contributed by atoms with Crippen LogP contribution in [0.2, 0.25) is 0 Å². The third-order valence-electron chi connectivity index (χ3n) is 10.4. The number of hydrogen-bond donors (Lipinski definition) is 1. The fourth-order valence-corrected chi connectivity index (χ4v) is 8.51. The lowest BCUT2D eigenvalue weighted by Crippen LogP contribution is -2.53. The molecule has 2 heteroatoms. The molecule has 0 radical (unpaired) electrons. The Kier molecular flexibility index (Phi) is 5.85. The molecule has 0 aromatic carbocycles. The minimum Gasteiger partial charge on any atom is -0.393 e. The van der Waals surface area contributed by atoms with E-state index in [0.717, 1.165) is 18.3 Å². The second kappa shape index (κ2) is 7.77. The van der Waals surface area contributed by atoms with E-state index in [1.54, 1.807) is 16.7 Å². The highest BCUT2D eigenvalue weighted by Gasteiger charge is 2.57. The van der Waals surface area contributed by atoms with Crippen molar-refractivity contribution in [2.24, 2.45) is 34.0 Å². The van der Waals surface area contributed by atoms with Crippen LogP contribution in [0.5, 0.6) is 0 Å². The normalized spacial score (nSPS) is 41.2. The lowest BCUT2D eigenvalue weighted by molar-refractivity contribution is -0.0905. The minimum absolute atomic E-state index is 0.0415. The molecule has 1 saturated carbocycles. The Bertz CT molecular complexity index is 731. The van der Waals surface area contributed by atoms with Crippen molar-refractivity contribution in [2.75, 3.05) is 20.6 Å². The van der Waals surface area contributed by atoms with Gasteiger partial charge in [0.2, 0.25) is 0 Å². The van der Waals surface area contributed by atoms with Gasteiger partial charge in [-0.05, 0) is 124 Å². The SMILES string of the molecule is C[C@H](CCCN(C)C)[C@H]1CC=C2C3=C(CC[C@@]21C)[C@@]1(C)CC[C@H](O)C(C)(C)[C@@H]1CC3. The van der Waals surface area contributed by atoms with Gasteiger partial charge in [-0.1, -0.05) is 46.3 Å². The molecular weight excluding hydrogens is 366 g/mol. The average Bonchev–Trinajstić information content (AvgIpc) is 3.02. The highest BCUT2D eigenvalue weighted by Crippen LogP contribution is 2.66. The van der Waals surface area contributed by atoms with E-state index >= 15 is 0 Å². The van der Waals surface area contributed by atoms with Crippen LogP contribution in [-0.4, -0.2) is 36.8 Å². The van der Waals surface area contributed by atoms with E-state index in [1.165, 1.54) is 57.9 Å². The Balaban J connectivity index is 1.58. The molecule has 1 fully saturated rings. The molecule has 0 aromatic heterocycles. The first-order valence-electron chi connectivity index (χ1n) is 12.8. The van der Waals surface area contributed by atoms with Gasteiger partial charge in [-0.3, -0.25) is 0 Å². The Labute approximate surface area is 186 Å². The number of hydrogen-bond acceptors (Lipinski definition) is 2. The number of aliphatic hydroxyl groups is 1. The molecule has 0 heterocycles. The molecule has 4 rings (SSSR count). The van der Waals surface area contributed by atoms with Crippen LogP contribution in [0.4, 0.5) is 0 Å². The lowest BCUT2D eigenvalue weighted by atomic mass is 9.46.